The largest absolute Gasteiger partial charge is 0.391 e. The molecule has 110 valence electrons. The lowest BCUT2D eigenvalue weighted by Crippen LogP contribution is -2.43. The summed E-state index contributed by atoms with van der Waals surface area (Å²) in [5.41, 5.74) is 1.31. The fourth-order valence-electron chi connectivity index (χ4n) is 2.84. The van der Waals surface area contributed by atoms with Crippen molar-refractivity contribution < 1.29 is 10.0 Å². The monoisotopic (exact) mass is 287 g/mol. The number of nitrogens with zero attached hydrogens (tertiary/aromatic N) is 3. The Labute approximate surface area is 122 Å². The van der Waals surface area contributed by atoms with Crippen molar-refractivity contribution in [2.24, 2.45) is 5.92 Å². The maximum absolute atomic E-state index is 11.1. The van der Waals surface area contributed by atoms with E-state index in [2.05, 4.69) is 9.88 Å². The van der Waals surface area contributed by atoms with Gasteiger partial charge in [0.1, 0.15) is 5.52 Å². The van der Waals surface area contributed by atoms with Gasteiger partial charge in [0, 0.05) is 36.4 Å². The molecular weight excluding hydrogens is 270 g/mol. The Hall–Kier alpha value is -2.21. The zero-order valence-corrected chi connectivity index (χ0v) is 11.8. The molecule has 1 N–H and O–H groups in total. The molecule has 6 heteroatoms. The van der Waals surface area contributed by atoms with Gasteiger partial charge in [-0.1, -0.05) is 19.1 Å². The van der Waals surface area contributed by atoms with Crippen molar-refractivity contribution in [2.45, 2.75) is 19.4 Å². The van der Waals surface area contributed by atoms with Crippen LogP contribution in [0.2, 0.25) is 0 Å². The van der Waals surface area contributed by atoms with Crippen molar-refractivity contribution in [1.82, 2.24) is 4.98 Å². The van der Waals surface area contributed by atoms with Gasteiger partial charge in [0.15, 0.2) is 0 Å². The molecule has 2 unspecified atom stereocenters. The van der Waals surface area contributed by atoms with E-state index in [1.165, 1.54) is 6.07 Å². The van der Waals surface area contributed by atoms with Gasteiger partial charge < -0.3 is 10.0 Å². The van der Waals surface area contributed by atoms with E-state index in [9.17, 15) is 15.2 Å². The van der Waals surface area contributed by atoms with Gasteiger partial charge in [0.25, 0.3) is 5.69 Å². The lowest BCUT2D eigenvalue weighted by atomic mass is 9.95. The molecule has 2 heterocycles. The van der Waals surface area contributed by atoms with Gasteiger partial charge in [-0.15, -0.1) is 0 Å². The SMILES string of the molecule is CC1CCN(c2ccnc3c([N+](=O)[O-])cccc23)CC1O. The molecule has 1 saturated heterocycles. The lowest BCUT2D eigenvalue weighted by molar-refractivity contribution is -0.383. The van der Waals surface area contributed by atoms with Crippen LogP contribution in [-0.2, 0) is 0 Å². The van der Waals surface area contributed by atoms with Gasteiger partial charge in [-0.3, -0.25) is 10.1 Å². The summed E-state index contributed by atoms with van der Waals surface area (Å²) >= 11 is 0. The van der Waals surface area contributed by atoms with Crippen LogP contribution in [-0.4, -0.2) is 34.2 Å². The summed E-state index contributed by atoms with van der Waals surface area (Å²) in [6.07, 6.45) is 2.12. The second-order valence-electron chi connectivity index (χ2n) is 5.54. The van der Waals surface area contributed by atoms with E-state index in [0.29, 0.717) is 12.1 Å². The Bertz CT molecular complexity index is 689. The number of nitro groups is 1. The number of benzene rings is 1. The highest BCUT2D eigenvalue weighted by molar-refractivity contribution is 5.96. The van der Waals surface area contributed by atoms with Crippen LogP contribution in [0.25, 0.3) is 10.9 Å². The number of para-hydroxylation sites is 1. The number of hydrogen-bond acceptors (Lipinski definition) is 5. The first-order valence-electron chi connectivity index (χ1n) is 7.03. The Balaban J connectivity index is 2.07. The number of aliphatic hydroxyl groups excluding tert-OH is 1. The molecule has 2 atom stereocenters. The second kappa shape index (κ2) is 5.29. The summed E-state index contributed by atoms with van der Waals surface area (Å²) in [5, 5.41) is 21.9. The minimum absolute atomic E-state index is 0.0141. The van der Waals surface area contributed by atoms with Gasteiger partial charge in [-0.05, 0) is 18.4 Å². The van der Waals surface area contributed by atoms with Crippen molar-refractivity contribution in [1.29, 1.82) is 0 Å². The van der Waals surface area contributed by atoms with Gasteiger partial charge in [-0.25, -0.2) is 4.98 Å². The number of hydrogen-bond donors (Lipinski definition) is 1. The van der Waals surface area contributed by atoms with Crippen LogP contribution in [0.5, 0.6) is 0 Å². The van der Waals surface area contributed by atoms with E-state index in [1.807, 2.05) is 19.1 Å². The van der Waals surface area contributed by atoms with Crippen LogP contribution in [0.1, 0.15) is 13.3 Å². The summed E-state index contributed by atoms with van der Waals surface area (Å²) in [6.45, 7) is 3.42. The van der Waals surface area contributed by atoms with Crippen molar-refractivity contribution in [3.05, 3.63) is 40.6 Å². The fourth-order valence-corrected chi connectivity index (χ4v) is 2.84. The number of fused-ring (bicyclic) bond motifs is 1. The molecular formula is C15H17N3O3. The first-order valence-corrected chi connectivity index (χ1v) is 7.03. The normalized spacial score (nSPS) is 22.5. The second-order valence-corrected chi connectivity index (χ2v) is 5.54. The number of piperidine rings is 1. The molecule has 0 aliphatic carbocycles. The Kier molecular flexibility index (Phi) is 3.47. The molecule has 1 fully saturated rings. The number of pyridine rings is 1. The van der Waals surface area contributed by atoms with E-state index in [-0.39, 0.29) is 17.7 Å². The molecule has 0 bridgehead atoms. The molecule has 0 spiro atoms. The molecule has 21 heavy (non-hydrogen) atoms. The lowest BCUT2D eigenvalue weighted by Gasteiger charge is -2.36. The van der Waals surface area contributed by atoms with Crippen LogP contribution >= 0.6 is 0 Å². The summed E-state index contributed by atoms with van der Waals surface area (Å²) in [6, 6.07) is 6.84. The number of rotatable bonds is 2. The van der Waals surface area contributed by atoms with E-state index >= 15 is 0 Å². The minimum atomic E-state index is -0.410. The molecule has 0 amide bonds. The first-order chi connectivity index (χ1) is 10.1. The summed E-state index contributed by atoms with van der Waals surface area (Å²) < 4.78 is 0. The van der Waals surface area contributed by atoms with Gasteiger partial charge in [0.05, 0.1) is 11.0 Å². The van der Waals surface area contributed by atoms with E-state index in [4.69, 9.17) is 0 Å². The number of aromatic nitrogens is 1. The third-order valence-corrected chi connectivity index (χ3v) is 4.18. The maximum Gasteiger partial charge on any atom is 0.295 e. The summed E-state index contributed by atoms with van der Waals surface area (Å²) in [5.74, 6) is 0.281. The number of non-ortho nitro benzene ring substituents is 1. The Morgan fingerprint density at radius 1 is 1.43 bits per heavy atom. The first kappa shape index (κ1) is 13.8. The quantitative estimate of drug-likeness (QED) is 0.677. The van der Waals surface area contributed by atoms with E-state index in [1.54, 1.807) is 12.3 Å². The van der Waals surface area contributed by atoms with E-state index in [0.717, 1.165) is 24.0 Å². The third-order valence-electron chi connectivity index (χ3n) is 4.18. The molecule has 0 radical (unpaired) electrons. The summed E-state index contributed by atoms with van der Waals surface area (Å²) in [4.78, 5) is 16.9. The molecule has 1 aromatic carbocycles. The van der Waals surface area contributed by atoms with Crippen molar-refractivity contribution >= 4 is 22.3 Å². The molecule has 1 aliphatic heterocycles. The predicted molar refractivity (Wildman–Crippen MR) is 80.4 cm³/mol. The smallest absolute Gasteiger partial charge is 0.295 e. The van der Waals surface area contributed by atoms with Crippen LogP contribution in [0.15, 0.2) is 30.5 Å². The zero-order chi connectivity index (χ0) is 15.0. The minimum Gasteiger partial charge on any atom is -0.391 e. The molecule has 6 nitrogen and oxygen atoms in total. The molecule has 0 saturated carbocycles. The van der Waals surface area contributed by atoms with Crippen molar-refractivity contribution in [3.63, 3.8) is 0 Å². The average molecular weight is 287 g/mol. The molecule has 2 aromatic rings. The Morgan fingerprint density at radius 3 is 2.95 bits per heavy atom. The fraction of sp³-hybridized carbons (Fsp3) is 0.400. The van der Waals surface area contributed by atoms with Crippen molar-refractivity contribution in [2.75, 3.05) is 18.0 Å². The third kappa shape index (κ3) is 2.42. The number of β-amino-alcohol motifs (C(OH)–C–C–N with tert-alkyl or cyclic N) is 1. The highest BCUT2D eigenvalue weighted by atomic mass is 16.6. The molecule has 1 aromatic heterocycles. The molecule has 1 aliphatic rings. The van der Waals surface area contributed by atoms with Crippen LogP contribution in [0.4, 0.5) is 11.4 Å². The number of anilines is 1. The topological polar surface area (TPSA) is 79.5 Å². The van der Waals surface area contributed by atoms with Crippen LogP contribution < -0.4 is 4.90 Å². The highest BCUT2D eigenvalue weighted by Crippen LogP contribution is 2.32. The predicted octanol–water partition coefficient (Wildman–Crippen LogP) is 2.35. The standard InChI is InChI=1S/C15H17N3O3/c1-10-6-8-17(9-14(10)19)12-5-7-16-15-11(12)3-2-4-13(15)18(20)21/h2-5,7,10,14,19H,6,8-9H2,1H3. The van der Waals surface area contributed by atoms with E-state index < -0.39 is 4.92 Å². The molecule has 3 rings (SSSR count). The van der Waals surface area contributed by atoms with Gasteiger partial charge in [-0.2, -0.15) is 0 Å². The van der Waals surface area contributed by atoms with Crippen LogP contribution in [0, 0.1) is 16.0 Å². The number of nitro benzene ring substituents is 1. The van der Waals surface area contributed by atoms with Gasteiger partial charge >= 0.3 is 0 Å². The van der Waals surface area contributed by atoms with Gasteiger partial charge in [0.2, 0.25) is 0 Å². The highest BCUT2D eigenvalue weighted by Gasteiger charge is 2.26. The van der Waals surface area contributed by atoms with Crippen molar-refractivity contribution in [3.8, 4) is 0 Å². The average Bonchev–Trinajstić information content (AvgIpc) is 2.48. The van der Waals surface area contributed by atoms with Crippen LogP contribution in [0.3, 0.4) is 0 Å². The maximum atomic E-state index is 11.1. The number of aliphatic hydroxyl groups is 1. The zero-order valence-electron chi connectivity index (χ0n) is 11.8. The Morgan fingerprint density at radius 2 is 2.24 bits per heavy atom. The summed E-state index contributed by atoms with van der Waals surface area (Å²) in [7, 11) is 0.